The van der Waals surface area contributed by atoms with Gasteiger partial charge in [0.25, 0.3) is 5.91 Å². The maximum Gasteiger partial charge on any atom is 0.272 e. The summed E-state index contributed by atoms with van der Waals surface area (Å²) in [5.41, 5.74) is 0.829. The Morgan fingerprint density at radius 1 is 1.26 bits per heavy atom. The van der Waals surface area contributed by atoms with Crippen molar-refractivity contribution in [2.75, 3.05) is 20.2 Å². The molecule has 1 amide bonds. The topological polar surface area (TPSA) is 62.7 Å². The van der Waals surface area contributed by atoms with Crippen molar-refractivity contribution in [3.05, 3.63) is 29.8 Å². The van der Waals surface area contributed by atoms with Crippen LogP contribution in [-0.4, -0.2) is 37.5 Å². The second-order valence-electron chi connectivity index (χ2n) is 4.90. The third-order valence-electron chi connectivity index (χ3n) is 3.68. The molecule has 0 bridgehead atoms. The molecule has 0 radical (unpaired) electrons. The lowest BCUT2D eigenvalue weighted by Gasteiger charge is -2.30. The van der Waals surface area contributed by atoms with Gasteiger partial charge in [0.15, 0.2) is 0 Å². The highest BCUT2D eigenvalue weighted by atomic mass is 16.5. The minimum atomic E-state index is -0.418. The van der Waals surface area contributed by atoms with Crippen molar-refractivity contribution in [1.29, 1.82) is 0 Å². The molecule has 100 valence electrons. The molecular formula is C14H17N3O2. The third-order valence-corrected chi connectivity index (χ3v) is 3.68. The Morgan fingerprint density at radius 2 is 2.00 bits per heavy atom. The van der Waals surface area contributed by atoms with Crippen molar-refractivity contribution in [1.82, 2.24) is 10.6 Å². The summed E-state index contributed by atoms with van der Waals surface area (Å²) in [5, 5.41) is 6.31. The van der Waals surface area contributed by atoms with Crippen LogP contribution >= 0.6 is 0 Å². The number of benzene rings is 1. The first-order valence-electron chi connectivity index (χ1n) is 6.51. The Bertz CT molecular complexity index is 533. The fraction of sp³-hybridized carbons (Fsp3) is 0.429. The SMILES string of the molecule is COc1ccccc1C1=NC2(CCNCC2)NC1=O. The van der Waals surface area contributed by atoms with Crippen molar-refractivity contribution >= 4 is 11.6 Å². The standard InChI is InChI=1S/C14H17N3O2/c1-19-11-5-3-2-4-10(11)12-13(18)17-14(16-12)6-8-15-9-7-14/h2-5,15H,6-9H2,1H3,(H,17,18). The van der Waals surface area contributed by atoms with Crippen LogP contribution < -0.4 is 15.4 Å². The number of hydrogen-bond acceptors (Lipinski definition) is 4. The molecule has 2 heterocycles. The van der Waals surface area contributed by atoms with Crippen molar-refractivity contribution < 1.29 is 9.53 Å². The largest absolute Gasteiger partial charge is 0.496 e. The molecule has 0 saturated carbocycles. The summed E-state index contributed by atoms with van der Waals surface area (Å²) in [6, 6.07) is 7.49. The van der Waals surface area contributed by atoms with E-state index in [2.05, 4.69) is 15.6 Å². The molecule has 1 aromatic rings. The zero-order chi connectivity index (χ0) is 13.3. The summed E-state index contributed by atoms with van der Waals surface area (Å²) in [6.07, 6.45) is 1.66. The average molecular weight is 259 g/mol. The van der Waals surface area contributed by atoms with Gasteiger partial charge >= 0.3 is 0 Å². The van der Waals surface area contributed by atoms with Crippen LogP contribution in [0.2, 0.25) is 0 Å². The molecule has 3 rings (SSSR count). The van der Waals surface area contributed by atoms with E-state index in [1.165, 1.54) is 0 Å². The minimum absolute atomic E-state index is 0.105. The number of piperidine rings is 1. The highest BCUT2D eigenvalue weighted by molar-refractivity contribution is 6.47. The number of para-hydroxylation sites is 1. The van der Waals surface area contributed by atoms with E-state index in [-0.39, 0.29) is 5.91 Å². The quantitative estimate of drug-likeness (QED) is 0.821. The van der Waals surface area contributed by atoms with Crippen LogP contribution in [0.25, 0.3) is 0 Å². The lowest BCUT2D eigenvalue weighted by atomic mass is 10.00. The number of carbonyl (C=O) groups is 1. The molecule has 0 aromatic heterocycles. The molecule has 2 N–H and O–H groups in total. The van der Waals surface area contributed by atoms with Crippen LogP contribution in [0.4, 0.5) is 0 Å². The maximum absolute atomic E-state index is 12.2. The van der Waals surface area contributed by atoms with E-state index < -0.39 is 5.66 Å². The van der Waals surface area contributed by atoms with Crippen molar-refractivity contribution in [2.24, 2.45) is 4.99 Å². The summed E-state index contributed by atoms with van der Waals surface area (Å²) < 4.78 is 5.31. The van der Waals surface area contributed by atoms with Gasteiger partial charge in [-0.2, -0.15) is 0 Å². The highest BCUT2D eigenvalue weighted by Gasteiger charge is 2.40. The van der Waals surface area contributed by atoms with Gasteiger partial charge in [-0.05, 0) is 25.2 Å². The molecule has 19 heavy (non-hydrogen) atoms. The molecule has 0 aliphatic carbocycles. The van der Waals surface area contributed by atoms with Gasteiger partial charge in [0.1, 0.15) is 17.1 Å². The number of aliphatic imine (C=N–C) groups is 1. The molecule has 5 nitrogen and oxygen atoms in total. The van der Waals surface area contributed by atoms with Gasteiger partial charge in [-0.25, -0.2) is 0 Å². The van der Waals surface area contributed by atoms with Crippen LogP contribution in [0.3, 0.4) is 0 Å². The van der Waals surface area contributed by atoms with Crippen LogP contribution in [0.1, 0.15) is 18.4 Å². The van der Waals surface area contributed by atoms with E-state index in [0.29, 0.717) is 11.5 Å². The Morgan fingerprint density at radius 3 is 2.74 bits per heavy atom. The molecule has 2 aliphatic heterocycles. The Kier molecular flexibility index (Phi) is 2.98. The molecule has 1 aromatic carbocycles. The number of carbonyl (C=O) groups excluding carboxylic acids is 1. The van der Waals surface area contributed by atoms with Crippen molar-refractivity contribution in [2.45, 2.75) is 18.5 Å². The predicted molar refractivity (Wildman–Crippen MR) is 72.5 cm³/mol. The zero-order valence-corrected chi connectivity index (χ0v) is 10.9. The Hall–Kier alpha value is -1.88. The molecule has 1 fully saturated rings. The molecule has 2 aliphatic rings. The van der Waals surface area contributed by atoms with Gasteiger partial charge in [0.2, 0.25) is 0 Å². The fourth-order valence-corrected chi connectivity index (χ4v) is 2.66. The number of methoxy groups -OCH3 is 1. The van der Waals surface area contributed by atoms with Gasteiger partial charge in [-0.3, -0.25) is 9.79 Å². The lowest BCUT2D eigenvalue weighted by molar-refractivity contribution is -0.115. The second kappa shape index (κ2) is 4.66. The summed E-state index contributed by atoms with van der Waals surface area (Å²) in [7, 11) is 1.60. The van der Waals surface area contributed by atoms with Gasteiger partial charge in [-0.15, -0.1) is 0 Å². The van der Waals surface area contributed by atoms with E-state index in [1.54, 1.807) is 7.11 Å². The third kappa shape index (κ3) is 2.10. The molecule has 5 heteroatoms. The molecule has 0 unspecified atom stereocenters. The zero-order valence-electron chi connectivity index (χ0n) is 10.9. The van der Waals surface area contributed by atoms with Gasteiger partial charge < -0.3 is 15.4 Å². The van der Waals surface area contributed by atoms with E-state index in [1.807, 2.05) is 24.3 Å². The second-order valence-corrected chi connectivity index (χ2v) is 4.90. The summed E-state index contributed by atoms with van der Waals surface area (Å²) >= 11 is 0. The smallest absolute Gasteiger partial charge is 0.272 e. The van der Waals surface area contributed by atoms with Gasteiger partial charge in [-0.1, -0.05) is 12.1 Å². The van der Waals surface area contributed by atoms with Gasteiger partial charge in [0.05, 0.1) is 7.11 Å². The molecule has 1 saturated heterocycles. The highest BCUT2D eigenvalue weighted by Crippen LogP contribution is 2.28. The normalized spacial score (nSPS) is 21.1. The first-order valence-corrected chi connectivity index (χ1v) is 6.51. The summed E-state index contributed by atoms with van der Waals surface area (Å²) in [6.45, 7) is 1.76. The van der Waals surface area contributed by atoms with E-state index >= 15 is 0 Å². The van der Waals surface area contributed by atoms with Crippen molar-refractivity contribution in [3.63, 3.8) is 0 Å². The first-order chi connectivity index (χ1) is 9.24. The van der Waals surface area contributed by atoms with E-state index in [4.69, 9.17) is 4.74 Å². The Balaban J connectivity index is 1.99. The minimum Gasteiger partial charge on any atom is -0.496 e. The fourth-order valence-electron chi connectivity index (χ4n) is 2.66. The number of rotatable bonds is 2. The summed E-state index contributed by atoms with van der Waals surface area (Å²) in [5.74, 6) is 0.578. The molecular weight excluding hydrogens is 242 g/mol. The number of hydrogen-bond donors (Lipinski definition) is 2. The van der Waals surface area contributed by atoms with Crippen LogP contribution in [-0.2, 0) is 4.79 Å². The lowest BCUT2D eigenvalue weighted by Crippen LogP contribution is -2.49. The van der Waals surface area contributed by atoms with E-state index in [0.717, 1.165) is 31.5 Å². The first kappa shape index (κ1) is 12.2. The average Bonchev–Trinajstić information content (AvgIpc) is 2.76. The predicted octanol–water partition coefficient (Wildman–Crippen LogP) is 0.694. The van der Waals surface area contributed by atoms with Crippen LogP contribution in [0, 0.1) is 0 Å². The molecule has 1 spiro atoms. The monoisotopic (exact) mass is 259 g/mol. The maximum atomic E-state index is 12.2. The summed E-state index contributed by atoms with van der Waals surface area (Å²) in [4.78, 5) is 16.9. The molecule has 0 atom stereocenters. The Labute approximate surface area is 112 Å². The number of ether oxygens (including phenoxy) is 1. The van der Waals surface area contributed by atoms with E-state index in [9.17, 15) is 4.79 Å². The number of nitrogens with one attached hydrogen (secondary N) is 2. The number of nitrogens with zero attached hydrogens (tertiary/aromatic N) is 1. The van der Waals surface area contributed by atoms with Crippen LogP contribution in [0.15, 0.2) is 29.3 Å². The van der Waals surface area contributed by atoms with Crippen LogP contribution in [0.5, 0.6) is 5.75 Å². The van der Waals surface area contributed by atoms with Crippen molar-refractivity contribution in [3.8, 4) is 5.75 Å². The number of amides is 1. The van der Waals surface area contributed by atoms with Gasteiger partial charge in [0, 0.05) is 18.4 Å².